The molecule has 1 atom stereocenters. The maximum atomic E-state index is 13.5. The van der Waals surface area contributed by atoms with Crippen LogP contribution in [0.5, 0.6) is 5.75 Å². The lowest BCUT2D eigenvalue weighted by atomic mass is 9.90. The van der Waals surface area contributed by atoms with Crippen molar-refractivity contribution in [3.05, 3.63) is 63.4 Å². The zero-order valence-corrected chi connectivity index (χ0v) is 13.4. The number of methoxy groups -OCH3 is 1. The number of halogens is 2. The Bertz CT molecular complexity index is 634. The number of hydrogen-bond donors (Lipinski definition) is 1. The number of benzene rings is 2. The Morgan fingerprint density at radius 2 is 1.76 bits per heavy atom. The van der Waals surface area contributed by atoms with E-state index in [1.54, 1.807) is 25.3 Å². The molecule has 0 fully saturated rings. The molecular weight excluding hydrogens is 289 g/mol. The third kappa shape index (κ3) is 3.20. The van der Waals surface area contributed by atoms with Crippen LogP contribution in [0.4, 0.5) is 4.39 Å². The fourth-order valence-corrected chi connectivity index (χ4v) is 2.92. The molecule has 0 aromatic heterocycles. The molecule has 0 aliphatic heterocycles. The molecule has 0 saturated heterocycles. The van der Waals surface area contributed by atoms with Crippen LogP contribution in [0.2, 0.25) is 5.02 Å². The summed E-state index contributed by atoms with van der Waals surface area (Å²) in [7, 11) is 3.49. The summed E-state index contributed by atoms with van der Waals surface area (Å²) in [5.41, 5.74) is 3.84. The molecule has 0 heterocycles. The summed E-state index contributed by atoms with van der Waals surface area (Å²) in [6.07, 6.45) is 0. The van der Waals surface area contributed by atoms with Gasteiger partial charge >= 0.3 is 0 Å². The largest absolute Gasteiger partial charge is 0.496 e. The van der Waals surface area contributed by atoms with Gasteiger partial charge in [-0.05, 0) is 61.9 Å². The van der Waals surface area contributed by atoms with Crippen molar-refractivity contribution >= 4 is 11.6 Å². The second-order valence-electron chi connectivity index (χ2n) is 5.06. The van der Waals surface area contributed by atoms with Gasteiger partial charge in [-0.25, -0.2) is 4.39 Å². The lowest BCUT2D eigenvalue weighted by Gasteiger charge is -2.23. The van der Waals surface area contributed by atoms with E-state index in [1.165, 1.54) is 0 Å². The molecule has 1 N–H and O–H groups in total. The molecule has 0 spiro atoms. The fourth-order valence-electron chi connectivity index (χ4n) is 2.76. The average molecular weight is 308 g/mol. The molecule has 0 saturated carbocycles. The van der Waals surface area contributed by atoms with Gasteiger partial charge < -0.3 is 10.1 Å². The minimum atomic E-state index is -0.216. The summed E-state index contributed by atoms with van der Waals surface area (Å²) in [5, 5.41) is 3.91. The molecule has 2 aromatic carbocycles. The van der Waals surface area contributed by atoms with Gasteiger partial charge in [-0.1, -0.05) is 17.7 Å². The minimum absolute atomic E-state index is 0.0854. The monoisotopic (exact) mass is 307 g/mol. The van der Waals surface area contributed by atoms with Crippen LogP contribution in [-0.2, 0) is 0 Å². The summed E-state index contributed by atoms with van der Waals surface area (Å²) in [6, 6.07) is 8.57. The average Bonchev–Trinajstić information content (AvgIpc) is 2.43. The van der Waals surface area contributed by atoms with Crippen LogP contribution >= 0.6 is 11.6 Å². The first kappa shape index (κ1) is 15.8. The van der Waals surface area contributed by atoms with Crippen LogP contribution in [0.15, 0.2) is 30.3 Å². The fraction of sp³-hybridized carbons (Fsp3) is 0.294. The van der Waals surface area contributed by atoms with Gasteiger partial charge in [0.2, 0.25) is 0 Å². The van der Waals surface area contributed by atoms with Crippen molar-refractivity contribution in [2.24, 2.45) is 0 Å². The van der Waals surface area contributed by atoms with Crippen LogP contribution in [-0.4, -0.2) is 14.2 Å². The Balaban J connectivity index is 2.60. The summed E-state index contributed by atoms with van der Waals surface area (Å²) >= 11 is 6.02. The van der Waals surface area contributed by atoms with Crippen molar-refractivity contribution in [3.63, 3.8) is 0 Å². The van der Waals surface area contributed by atoms with E-state index >= 15 is 0 Å². The number of hydrogen-bond acceptors (Lipinski definition) is 2. The highest BCUT2D eigenvalue weighted by atomic mass is 35.5. The minimum Gasteiger partial charge on any atom is -0.496 e. The Morgan fingerprint density at radius 1 is 1.14 bits per heavy atom. The van der Waals surface area contributed by atoms with Crippen LogP contribution < -0.4 is 10.1 Å². The van der Waals surface area contributed by atoms with E-state index in [-0.39, 0.29) is 11.9 Å². The maximum absolute atomic E-state index is 13.5. The summed E-state index contributed by atoms with van der Waals surface area (Å²) in [5.74, 6) is 0.497. The molecule has 112 valence electrons. The van der Waals surface area contributed by atoms with Gasteiger partial charge in [0.05, 0.1) is 13.2 Å². The quantitative estimate of drug-likeness (QED) is 0.903. The zero-order valence-electron chi connectivity index (χ0n) is 12.6. The first-order valence-electron chi connectivity index (χ1n) is 6.75. The first-order chi connectivity index (χ1) is 9.97. The molecule has 0 amide bonds. The third-order valence-corrected chi connectivity index (χ3v) is 3.88. The lowest BCUT2D eigenvalue weighted by Crippen LogP contribution is -2.20. The van der Waals surface area contributed by atoms with E-state index in [9.17, 15) is 4.39 Å². The molecule has 0 aliphatic rings. The van der Waals surface area contributed by atoms with Crippen molar-refractivity contribution in [1.82, 2.24) is 5.32 Å². The SMILES string of the molecule is CNC(c1ccc(Cl)cc1OC)c1c(C)cc(F)cc1C. The Hall–Kier alpha value is -1.58. The normalized spacial score (nSPS) is 12.3. The molecule has 21 heavy (non-hydrogen) atoms. The number of nitrogens with one attached hydrogen (secondary N) is 1. The van der Waals surface area contributed by atoms with Gasteiger partial charge in [-0.15, -0.1) is 0 Å². The molecule has 2 rings (SSSR count). The second-order valence-corrected chi connectivity index (χ2v) is 5.50. The highest BCUT2D eigenvalue weighted by molar-refractivity contribution is 6.30. The standard InChI is InChI=1S/C17H19ClFNO/c1-10-7-13(19)8-11(2)16(10)17(20-3)14-6-5-12(18)9-15(14)21-4/h5-9,17,20H,1-4H3. The Labute approximate surface area is 129 Å². The van der Waals surface area contributed by atoms with Gasteiger partial charge in [-0.3, -0.25) is 0 Å². The molecule has 1 unspecified atom stereocenters. The van der Waals surface area contributed by atoms with E-state index in [1.807, 2.05) is 33.0 Å². The van der Waals surface area contributed by atoms with E-state index in [0.29, 0.717) is 10.8 Å². The van der Waals surface area contributed by atoms with Crippen molar-refractivity contribution in [1.29, 1.82) is 0 Å². The molecule has 2 aromatic rings. The predicted molar refractivity (Wildman–Crippen MR) is 84.8 cm³/mol. The first-order valence-corrected chi connectivity index (χ1v) is 7.13. The molecule has 0 radical (unpaired) electrons. The summed E-state index contributed by atoms with van der Waals surface area (Å²) < 4.78 is 18.9. The predicted octanol–water partition coefficient (Wildman–Crippen LogP) is 4.41. The van der Waals surface area contributed by atoms with Gasteiger partial charge in [-0.2, -0.15) is 0 Å². The highest BCUT2D eigenvalue weighted by Crippen LogP contribution is 2.35. The zero-order chi connectivity index (χ0) is 15.6. The lowest BCUT2D eigenvalue weighted by molar-refractivity contribution is 0.405. The van der Waals surface area contributed by atoms with Gasteiger partial charge in [0, 0.05) is 10.6 Å². The van der Waals surface area contributed by atoms with Crippen molar-refractivity contribution < 1.29 is 9.13 Å². The Kier molecular flexibility index (Phi) is 4.86. The van der Waals surface area contributed by atoms with Gasteiger partial charge in [0.15, 0.2) is 0 Å². The topological polar surface area (TPSA) is 21.3 Å². The molecule has 2 nitrogen and oxygen atoms in total. The Morgan fingerprint density at radius 3 is 2.29 bits per heavy atom. The summed E-state index contributed by atoms with van der Waals surface area (Å²) in [4.78, 5) is 0. The van der Waals surface area contributed by atoms with Crippen LogP contribution in [0.1, 0.15) is 28.3 Å². The number of aryl methyl sites for hydroxylation is 2. The summed E-state index contributed by atoms with van der Waals surface area (Å²) in [6.45, 7) is 3.83. The van der Waals surface area contributed by atoms with E-state index in [4.69, 9.17) is 16.3 Å². The molecule has 0 bridgehead atoms. The smallest absolute Gasteiger partial charge is 0.125 e. The number of ether oxygens (including phenoxy) is 1. The number of rotatable bonds is 4. The molecule has 4 heteroatoms. The van der Waals surface area contributed by atoms with E-state index in [2.05, 4.69) is 5.32 Å². The van der Waals surface area contributed by atoms with Crippen molar-refractivity contribution in [2.45, 2.75) is 19.9 Å². The molecule has 0 aliphatic carbocycles. The van der Waals surface area contributed by atoms with Crippen LogP contribution in [0.3, 0.4) is 0 Å². The van der Waals surface area contributed by atoms with Crippen molar-refractivity contribution in [2.75, 3.05) is 14.2 Å². The van der Waals surface area contributed by atoms with Crippen LogP contribution in [0.25, 0.3) is 0 Å². The van der Waals surface area contributed by atoms with Crippen molar-refractivity contribution in [3.8, 4) is 5.75 Å². The van der Waals surface area contributed by atoms with Gasteiger partial charge in [0.25, 0.3) is 0 Å². The maximum Gasteiger partial charge on any atom is 0.125 e. The van der Waals surface area contributed by atoms with Gasteiger partial charge in [0.1, 0.15) is 11.6 Å². The highest BCUT2D eigenvalue weighted by Gasteiger charge is 2.21. The van der Waals surface area contributed by atoms with Crippen LogP contribution in [0, 0.1) is 19.7 Å². The van der Waals surface area contributed by atoms with E-state index < -0.39 is 0 Å². The third-order valence-electron chi connectivity index (χ3n) is 3.64. The van der Waals surface area contributed by atoms with E-state index in [0.717, 1.165) is 22.3 Å². The molecular formula is C17H19ClFNO. The second kappa shape index (κ2) is 6.46.